The van der Waals surface area contributed by atoms with Crippen molar-refractivity contribution in [3.63, 3.8) is 0 Å². The summed E-state index contributed by atoms with van der Waals surface area (Å²) in [5, 5.41) is 0. The second-order valence-electron chi connectivity index (χ2n) is 0.448. The van der Waals surface area contributed by atoms with Crippen LogP contribution >= 0.6 is 0 Å². The second kappa shape index (κ2) is 2.78. The Labute approximate surface area is 49.5 Å². The van der Waals surface area contributed by atoms with Gasteiger partial charge < -0.3 is 0 Å². The van der Waals surface area contributed by atoms with Crippen molar-refractivity contribution < 1.29 is 16.0 Å². The van der Waals surface area contributed by atoms with Gasteiger partial charge in [0.25, 0.3) is 0 Å². The fourth-order valence-electron chi connectivity index (χ4n) is 0. The Morgan fingerprint density at radius 1 is 1.17 bits per heavy atom. The third-order valence-corrected chi connectivity index (χ3v) is 0. The zero-order valence-corrected chi connectivity index (χ0v) is 3.83. The van der Waals surface area contributed by atoms with Gasteiger partial charge in [-0.3, -0.25) is 0 Å². The third-order valence-electron chi connectivity index (χ3n) is 0. The van der Waals surface area contributed by atoms with Gasteiger partial charge in [-0.2, -0.15) is 0 Å². The van der Waals surface area contributed by atoms with Crippen LogP contribution in [-0.4, -0.2) is 41.5 Å². The number of hydrogen-bond acceptors (Lipinski definition) is 2. The molecule has 0 bridgehead atoms. The summed E-state index contributed by atoms with van der Waals surface area (Å²) in [5.41, 5.74) is 0. The first kappa shape index (κ1) is 9.84. The summed E-state index contributed by atoms with van der Waals surface area (Å²) >= 11 is -5.25. The van der Waals surface area contributed by atoms with Crippen LogP contribution in [0.4, 0.5) is 0 Å². The van der Waals surface area contributed by atoms with E-state index in [9.17, 15) is 0 Å². The predicted octanol–water partition coefficient (Wildman–Crippen LogP) is -2.92. The van der Waals surface area contributed by atoms with Crippen LogP contribution in [0.2, 0.25) is 0 Å². The molecule has 38 valence electrons. The van der Waals surface area contributed by atoms with E-state index in [1.807, 2.05) is 0 Å². The van der Waals surface area contributed by atoms with E-state index in [4.69, 9.17) is 16.0 Å². The van der Waals surface area contributed by atoms with E-state index >= 15 is 0 Å². The Kier molecular flexibility index (Phi) is 4.56. The van der Waals surface area contributed by atoms with Crippen LogP contribution in [0, 0.1) is 0 Å². The molecule has 6 heteroatoms. The van der Waals surface area contributed by atoms with Gasteiger partial charge in [0.2, 0.25) is 0 Å². The summed E-state index contributed by atoms with van der Waals surface area (Å²) in [6.07, 6.45) is 0. The molecule has 0 amide bonds. The molecule has 0 rings (SSSR count). The van der Waals surface area contributed by atoms with Gasteiger partial charge in [-0.1, -0.05) is 0 Å². The summed E-state index contributed by atoms with van der Waals surface area (Å²) in [6, 6.07) is 0. The van der Waals surface area contributed by atoms with Gasteiger partial charge >= 0.3 is 49.2 Å². The fourth-order valence-corrected chi connectivity index (χ4v) is 0. The van der Waals surface area contributed by atoms with Gasteiger partial charge in [0.1, 0.15) is 0 Å². The Morgan fingerprint density at radius 2 is 1.17 bits per heavy atom. The molecule has 6 heavy (non-hydrogen) atoms. The van der Waals surface area contributed by atoms with Gasteiger partial charge in [0.05, 0.1) is 0 Å². The van der Waals surface area contributed by atoms with Crippen molar-refractivity contribution in [3.8, 4) is 0 Å². The van der Waals surface area contributed by atoms with E-state index in [2.05, 4.69) is 0 Å². The van der Waals surface area contributed by atoms with E-state index in [-0.39, 0.29) is 19.8 Å². The first-order valence-corrected chi connectivity index (χ1v) is 3.63. The SMILES string of the molecule is O=[Se](=O)(O)O.[GaH3]. The molecular weight excluding hydrogens is 213 g/mol. The Bertz CT molecular complexity index is 90.7. The molecule has 0 fully saturated rings. The summed E-state index contributed by atoms with van der Waals surface area (Å²) in [6.45, 7) is 0. The van der Waals surface area contributed by atoms with Gasteiger partial charge in [-0.05, 0) is 0 Å². The molecule has 0 unspecified atom stereocenters. The molecule has 0 aromatic rings. The average Bonchev–Trinajstić information content (AvgIpc) is 0.722. The number of rotatable bonds is 0. The predicted molar refractivity (Wildman–Crippen MR) is 21.5 cm³/mol. The molecule has 2 N–H and O–H groups in total. The van der Waals surface area contributed by atoms with Gasteiger partial charge in [0.15, 0.2) is 0 Å². The molecule has 4 nitrogen and oxygen atoms in total. The van der Waals surface area contributed by atoms with Crippen molar-refractivity contribution in [1.29, 1.82) is 0 Å². The van der Waals surface area contributed by atoms with Gasteiger partial charge in [-0.15, -0.1) is 0 Å². The van der Waals surface area contributed by atoms with E-state index in [1.165, 1.54) is 0 Å². The average molecular weight is 218 g/mol. The summed E-state index contributed by atoms with van der Waals surface area (Å²) < 4.78 is 31.9. The first-order chi connectivity index (χ1) is 2.00. The third kappa shape index (κ3) is 138. The van der Waals surface area contributed by atoms with Crippen molar-refractivity contribution in [1.82, 2.24) is 0 Å². The van der Waals surface area contributed by atoms with E-state index in [0.29, 0.717) is 0 Å². The number of hydrogen-bond donors (Lipinski definition) is 2. The molecule has 0 saturated carbocycles. The van der Waals surface area contributed by atoms with Crippen molar-refractivity contribution in [2.24, 2.45) is 0 Å². The van der Waals surface area contributed by atoms with Gasteiger partial charge in [0, 0.05) is 0 Å². The topological polar surface area (TPSA) is 74.6 Å². The minimum absolute atomic E-state index is 0. The standard InChI is InChI=1S/Ga.H2O4Se.3H/c;1-5(2,3)4;;;/h;(H2,1,2,3,4);;;. The van der Waals surface area contributed by atoms with Crippen LogP contribution in [0.15, 0.2) is 0 Å². The van der Waals surface area contributed by atoms with E-state index < -0.39 is 13.4 Å². The summed E-state index contributed by atoms with van der Waals surface area (Å²) in [7, 11) is 0. The van der Waals surface area contributed by atoms with Gasteiger partial charge in [-0.25, -0.2) is 0 Å². The van der Waals surface area contributed by atoms with Crippen LogP contribution in [0.1, 0.15) is 0 Å². The molecule has 0 aliphatic rings. The maximum absolute atomic E-state index is 8.82. The maximum atomic E-state index is 8.82. The van der Waals surface area contributed by atoms with Crippen LogP contribution < -0.4 is 0 Å². The molecule has 0 aliphatic carbocycles. The molecule has 0 saturated heterocycles. The Hall–Kier alpha value is 0.676. The summed E-state index contributed by atoms with van der Waals surface area (Å²) in [5.74, 6) is 0. The normalized spacial score (nSPS) is 9.67. The van der Waals surface area contributed by atoms with Crippen LogP contribution in [-0.2, 0) is 7.67 Å². The summed E-state index contributed by atoms with van der Waals surface area (Å²) in [4.78, 5) is 0. The van der Waals surface area contributed by atoms with E-state index in [0.717, 1.165) is 0 Å². The molecule has 0 aliphatic heterocycles. The monoisotopic (exact) mass is 218 g/mol. The molecule has 0 aromatic heterocycles. The molecular formula is H5GaO4Se. The Morgan fingerprint density at radius 3 is 1.17 bits per heavy atom. The van der Waals surface area contributed by atoms with Crippen LogP contribution in [0.5, 0.6) is 0 Å². The van der Waals surface area contributed by atoms with Crippen molar-refractivity contribution >= 4 is 33.2 Å². The van der Waals surface area contributed by atoms with Crippen molar-refractivity contribution in [3.05, 3.63) is 0 Å². The zero-order valence-electron chi connectivity index (χ0n) is 2.12. The second-order valence-corrected chi connectivity index (χ2v) is 2.33. The van der Waals surface area contributed by atoms with Crippen LogP contribution in [0.3, 0.4) is 0 Å². The molecule has 0 aromatic carbocycles. The molecule has 0 radical (unpaired) electrons. The first-order valence-electron chi connectivity index (χ1n) is 0.698. The fraction of sp³-hybridized carbons (Fsp3) is 0. The molecule has 0 atom stereocenters. The van der Waals surface area contributed by atoms with Crippen molar-refractivity contribution in [2.75, 3.05) is 0 Å². The van der Waals surface area contributed by atoms with E-state index in [1.54, 1.807) is 0 Å². The quantitative estimate of drug-likeness (QED) is 0.427. The van der Waals surface area contributed by atoms with Crippen LogP contribution in [0.25, 0.3) is 0 Å². The Balaban J connectivity index is 0. The minimum atomic E-state index is -5.25. The molecule has 0 spiro atoms. The zero-order chi connectivity index (χ0) is 4.50. The van der Waals surface area contributed by atoms with Crippen molar-refractivity contribution in [2.45, 2.75) is 0 Å². The molecule has 0 heterocycles.